The van der Waals surface area contributed by atoms with Crippen molar-refractivity contribution in [2.45, 2.75) is 58.4 Å². The molecule has 0 spiro atoms. The van der Waals surface area contributed by atoms with E-state index in [-0.39, 0.29) is 0 Å². The van der Waals surface area contributed by atoms with Gasteiger partial charge in [-0.05, 0) is 55.4 Å². The lowest BCUT2D eigenvalue weighted by Gasteiger charge is -2.38. The molecular formula is C28H41N7S. The molecule has 3 fully saturated rings. The molecule has 0 bridgehead atoms. The maximum Gasteiger partial charge on any atom is 0.232 e. The van der Waals surface area contributed by atoms with E-state index in [0.29, 0.717) is 28.9 Å². The van der Waals surface area contributed by atoms with Crippen LogP contribution in [0.5, 0.6) is 0 Å². The van der Waals surface area contributed by atoms with Gasteiger partial charge in [0.15, 0.2) is 5.11 Å². The maximum atomic E-state index is 5.69. The van der Waals surface area contributed by atoms with Gasteiger partial charge in [0.1, 0.15) is 11.6 Å². The molecule has 2 atom stereocenters. The highest BCUT2D eigenvalue weighted by atomic mass is 32.1. The first-order valence-electron chi connectivity index (χ1n) is 13.8. The minimum Gasteiger partial charge on any atom is -0.368 e. The number of piperidine rings is 1. The molecule has 2 N–H and O–H groups in total. The van der Waals surface area contributed by atoms with Crippen molar-refractivity contribution < 1.29 is 0 Å². The third kappa shape index (κ3) is 6.38. The maximum absolute atomic E-state index is 5.69. The van der Waals surface area contributed by atoms with Crippen molar-refractivity contribution in [3.8, 4) is 0 Å². The van der Waals surface area contributed by atoms with E-state index in [4.69, 9.17) is 22.2 Å². The Kier molecular flexibility index (Phi) is 8.09. The second-order valence-electron chi connectivity index (χ2n) is 11.0. The summed E-state index contributed by atoms with van der Waals surface area (Å²) in [7, 11) is 0. The predicted octanol–water partition coefficient (Wildman–Crippen LogP) is 4.90. The van der Waals surface area contributed by atoms with Crippen molar-refractivity contribution >= 4 is 40.6 Å². The van der Waals surface area contributed by atoms with Gasteiger partial charge in [0, 0.05) is 57.1 Å². The molecular weight excluding hydrogens is 466 g/mol. The van der Waals surface area contributed by atoms with Crippen molar-refractivity contribution in [2.75, 3.05) is 59.3 Å². The first-order valence-corrected chi connectivity index (χ1v) is 14.2. The topological polar surface area (TPSA) is 59.6 Å². The molecule has 5 rings (SSSR count). The Labute approximate surface area is 221 Å². The normalized spacial score (nSPS) is 23.4. The van der Waals surface area contributed by atoms with E-state index in [1.165, 1.54) is 44.2 Å². The molecule has 0 unspecified atom stereocenters. The summed E-state index contributed by atoms with van der Waals surface area (Å²) in [6, 6.07) is 13.3. The SMILES string of the molecule is C[C@H]1C[C@H](C)CN(c2cc(N3CCN(c4ccccc4)CC3)nc(NC(=S)NC3CCCCC3)n2)C1. The Morgan fingerprint density at radius 2 is 1.44 bits per heavy atom. The van der Waals surface area contributed by atoms with E-state index < -0.39 is 0 Å². The van der Waals surface area contributed by atoms with Crippen LogP contribution < -0.4 is 25.3 Å². The molecule has 1 aliphatic carbocycles. The highest BCUT2D eigenvalue weighted by Crippen LogP contribution is 2.29. The quantitative estimate of drug-likeness (QED) is 0.554. The number of hydrogen-bond donors (Lipinski definition) is 2. The second-order valence-corrected chi connectivity index (χ2v) is 11.4. The van der Waals surface area contributed by atoms with Crippen LogP contribution >= 0.6 is 12.2 Å². The van der Waals surface area contributed by atoms with Crippen LogP contribution in [0.15, 0.2) is 36.4 Å². The Hall–Kier alpha value is -2.61. The van der Waals surface area contributed by atoms with Crippen LogP contribution in [0.2, 0.25) is 0 Å². The van der Waals surface area contributed by atoms with Crippen molar-refractivity contribution in [1.82, 2.24) is 15.3 Å². The molecule has 2 aromatic rings. The monoisotopic (exact) mass is 507 g/mol. The highest BCUT2D eigenvalue weighted by molar-refractivity contribution is 7.80. The van der Waals surface area contributed by atoms with Crippen molar-refractivity contribution in [2.24, 2.45) is 11.8 Å². The van der Waals surface area contributed by atoms with E-state index in [9.17, 15) is 0 Å². The molecule has 8 heteroatoms. The standard InChI is InChI=1S/C28H41N7S/c1-21-17-22(2)20-35(19-21)26-18-25(34-15-13-33(14-16-34)24-11-7-4-8-12-24)30-27(31-26)32-28(36)29-23-9-5-3-6-10-23/h4,7-8,11-12,18,21-23H,3,5-6,9-10,13-17,19-20H2,1-2H3,(H2,29,30,31,32,36)/t21-,22-/m0/s1. The van der Waals surface area contributed by atoms with Gasteiger partial charge in [-0.2, -0.15) is 9.97 Å². The molecule has 2 aliphatic heterocycles. The molecule has 0 radical (unpaired) electrons. The molecule has 1 aromatic carbocycles. The Morgan fingerprint density at radius 3 is 2.11 bits per heavy atom. The highest BCUT2D eigenvalue weighted by Gasteiger charge is 2.26. The summed E-state index contributed by atoms with van der Waals surface area (Å²) in [6.45, 7) is 10.6. The molecule has 0 amide bonds. The van der Waals surface area contributed by atoms with Crippen LogP contribution in [0.1, 0.15) is 52.4 Å². The van der Waals surface area contributed by atoms with E-state index in [0.717, 1.165) is 50.9 Å². The lowest BCUT2D eigenvalue weighted by molar-refractivity contribution is 0.355. The van der Waals surface area contributed by atoms with Gasteiger partial charge in [0.05, 0.1) is 0 Å². The zero-order chi connectivity index (χ0) is 24.9. The van der Waals surface area contributed by atoms with Crippen molar-refractivity contribution in [3.05, 3.63) is 36.4 Å². The summed E-state index contributed by atoms with van der Waals surface area (Å²) in [5.74, 6) is 3.92. The number of para-hydroxylation sites is 1. The summed E-state index contributed by atoms with van der Waals surface area (Å²) in [4.78, 5) is 17.2. The number of nitrogens with one attached hydrogen (secondary N) is 2. The van der Waals surface area contributed by atoms with E-state index in [1.54, 1.807) is 0 Å². The van der Waals surface area contributed by atoms with Gasteiger partial charge < -0.3 is 25.3 Å². The number of benzene rings is 1. The fourth-order valence-corrected chi connectivity index (χ4v) is 6.31. The smallest absolute Gasteiger partial charge is 0.232 e. The van der Waals surface area contributed by atoms with Gasteiger partial charge in [-0.15, -0.1) is 0 Å². The number of anilines is 4. The van der Waals surface area contributed by atoms with Gasteiger partial charge in [-0.1, -0.05) is 51.3 Å². The number of nitrogens with zero attached hydrogens (tertiary/aromatic N) is 5. The number of aromatic nitrogens is 2. The zero-order valence-electron chi connectivity index (χ0n) is 21.8. The van der Waals surface area contributed by atoms with E-state index >= 15 is 0 Å². The summed E-state index contributed by atoms with van der Waals surface area (Å²) in [5.41, 5.74) is 1.29. The van der Waals surface area contributed by atoms with Gasteiger partial charge in [-0.3, -0.25) is 0 Å². The molecule has 1 saturated carbocycles. The van der Waals surface area contributed by atoms with Crippen molar-refractivity contribution in [1.29, 1.82) is 0 Å². The number of rotatable bonds is 5. The molecule has 2 saturated heterocycles. The van der Waals surface area contributed by atoms with E-state index in [1.807, 2.05) is 0 Å². The second kappa shape index (κ2) is 11.6. The third-order valence-electron chi connectivity index (χ3n) is 7.78. The molecule has 36 heavy (non-hydrogen) atoms. The van der Waals surface area contributed by atoms with Gasteiger partial charge in [0.2, 0.25) is 5.95 Å². The first-order chi connectivity index (χ1) is 17.5. The number of piperazine rings is 1. The third-order valence-corrected chi connectivity index (χ3v) is 8.00. The average molecular weight is 508 g/mol. The fraction of sp³-hybridized carbons (Fsp3) is 0.607. The van der Waals surface area contributed by atoms with Crippen LogP contribution in [-0.4, -0.2) is 60.4 Å². The van der Waals surface area contributed by atoms with Crippen LogP contribution in [0.3, 0.4) is 0 Å². The van der Waals surface area contributed by atoms with Crippen LogP contribution in [0.4, 0.5) is 23.3 Å². The lowest BCUT2D eigenvalue weighted by Crippen LogP contribution is -2.47. The number of thiocarbonyl (C=S) groups is 1. The largest absolute Gasteiger partial charge is 0.368 e. The Balaban J connectivity index is 1.33. The molecule has 3 aliphatic rings. The molecule has 1 aromatic heterocycles. The fourth-order valence-electron chi connectivity index (χ4n) is 6.05. The molecule has 7 nitrogen and oxygen atoms in total. The molecule has 194 valence electrons. The summed E-state index contributed by atoms with van der Waals surface area (Å²) in [5, 5.41) is 7.49. The van der Waals surface area contributed by atoms with Crippen molar-refractivity contribution in [3.63, 3.8) is 0 Å². The minimum absolute atomic E-state index is 0.455. The lowest BCUT2D eigenvalue weighted by atomic mass is 9.92. The van der Waals surface area contributed by atoms with Crippen LogP contribution in [0, 0.1) is 11.8 Å². The first kappa shape index (κ1) is 25.1. The summed E-state index contributed by atoms with van der Waals surface area (Å²) in [6.07, 6.45) is 7.52. The predicted molar refractivity (Wildman–Crippen MR) is 154 cm³/mol. The van der Waals surface area contributed by atoms with Crippen LogP contribution in [0.25, 0.3) is 0 Å². The van der Waals surface area contributed by atoms with Gasteiger partial charge in [-0.25, -0.2) is 0 Å². The molecule has 3 heterocycles. The minimum atomic E-state index is 0.455. The Bertz CT molecular complexity index is 992. The van der Waals surface area contributed by atoms with Gasteiger partial charge in [0.25, 0.3) is 0 Å². The summed E-state index contributed by atoms with van der Waals surface area (Å²) >= 11 is 5.69. The number of hydrogen-bond acceptors (Lipinski definition) is 6. The Morgan fingerprint density at radius 1 is 0.833 bits per heavy atom. The van der Waals surface area contributed by atoms with Crippen LogP contribution in [-0.2, 0) is 0 Å². The summed E-state index contributed by atoms with van der Waals surface area (Å²) < 4.78 is 0. The zero-order valence-corrected chi connectivity index (χ0v) is 22.6. The average Bonchev–Trinajstić information content (AvgIpc) is 2.89. The van der Waals surface area contributed by atoms with E-state index in [2.05, 4.69) is 75.6 Å². The van der Waals surface area contributed by atoms with Gasteiger partial charge >= 0.3 is 0 Å².